The number of nitrogens with zero attached hydrogens (tertiary/aromatic N) is 2. The molecule has 3 nitrogen and oxygen atoms in total. The van der Waals surface area contributed by atoms with Gasteiger partial charge in [0.25, 0.3) is 0 Å². The number of hydrogen-bond donors (Lipinski definition) is 0. The van der Waals surface area contributed by atoms with E-state index in [1.165, 1.54) is 32.5 Å². The summed E-state index contributed by atoms with van der Waals surface area (Å²) in [7, 11) is 2.21. The van der Waals surface area contributed by atoms with E-state index in [0.717, 1.165) is 12.0 Å². The Hall–Kier alpha value is -0.120. The van der Waals surface area contributed by atoms with Gasteiger partial charge >= 0.3 is 0 Å². The van der Waals surface area contributed by atoms with E-state index in [1.807, 2.05) is 0 Å². The van der Waals surface area contributed by atoms with Gasteiger partial charge < -0.3 is 9.64 Å². The maximum absolute atomic E-state index is 5.87. The molecule has 2 aliphatic rings. The Morgan fingerprint density at radius 2 is 1.78 bits per heavy atom. The molecule has 1 saturated carbocycles. The van der Waals surface area contributed by atoms with Crippen molar-refractivity contribution in [3.05, 3.63) is 0 Å². The van der Waals surface area contributed by atoms with Crippen molar-refractivity contribution in [3.63, 3.8) is 0 Å². The van der Waals surface area contributed by atoms with Gasteiger partial charge in [0.1, 0.15) is 0 Å². The molecule has 1 aliphatic heterocycles. The molecule has 2 rings (SSSR count). The number of likely N-dealkylation sites (tertiary alicyclic amines) is 1. The van der Waals surface area contributed by atoms with E-state index in [0.29, 0.717) is 18.2 Å². The SMILES string of the molecule is CC(C)OC1CC(N(CC2CN(C)C2)C(C)C)C1. The topological polar surface area (TPSA) is 15.7 Å². The van der Waals surface area contributed by atoms with E-state index < -0.39 is 0 Å². The molecule has 0 radical (unpaired) electrons. The summed E-state index contributed by atoms with van der Waals surface area (Å²) >= 11 is 0. The highest BCUT2D eigenvalue weighted by Crippen LogP contribution is 2.31. The lowest BCUT2D eigenvalue weighted by atomic mass is 9.85. The van der Waals surface area contributed by atoms with Gasteiger partial charge in [0.2, 0.25) is 0 Å². The molecule has 0 amide bonds. The van der Waals surface area contributed by atoms with Crippen molar-refractivity contribution in [1.82, 2.24) is 9.80 Å². The zero-order valence-corrected chi connectivity index (χ0v) is 12.7. The summed E-state index contributed by atoms with van der Waals surface area (Å²) in [6.45, 7) is 12.8. The molecule has 3 heteroatoms. The predicted octanol–water partition coefficient (Wildman–Crippen LogP) is 2.21. The van der Waals surface area contributed by atoms with Gasteiger partial charge in [-0.05, 0) is 53.5 Å². The molecule has 0 bridgehead atoms. The zero-order chi connectivity index (χ0) is 13.3. The van der Waals surface area contributed by atoms with E-state index in [9.17, 15) is 0 Å². The summed E-state index contributed by atoms with van der Waals surface area (Å²) in [6.07, 6.45) is 3.36. The molecule has 0 aromatic heterocycles. The van der Waals surface area contributed by atoms with Crippen molar-refractivity contribution in [3.8, 4) is 0 Å². The van der Waals surface area contributed by atoms with Crippen LogP contribution in [0.4, 0.5) is 0 Å². The molecule has 0 N–H and O–H groups in total. The summed E-state index contributed by atoms with van der Waals surface area (Å²) in [5.41, 5.74) is 0. The third-order valence-electron chi connectivity index (χ3n) is 4.28. The van der Waals surface area contributed by atoms with Crippen molar-refractivity contribution in [2.75, 3.05) is 26.7 Å². The Morgan fingerprint density at radius 3 is 2.22 bits per heavy atom. The van der Waals surface area contributed by atoms with E-state index in [-0.39, 0.29) is 0 Å². The average Bonchev–Trinajstić information content (AvgIpc) is 2.16. The van der Waals surface area contributed by atoms with Crippen LogP contribution in [0.1, 0.15) is 40.5 Å². The third kappa shape index (κ3) is 3.46. The molecule has 1 heterocycles. The number of rotatable bonds is 6. The van der Waals surface area contributed by atoms with Crippen LogP contribution < -0.4 is 0 Å². The minimum Gasteiger partial charge on any atom is -0.375 e. The highest BCUT2D eigenvalue weighted by Gasteiger charge is 2.37. The van der Waals surface area contributed by atoms with E-state index in [2.05, 4.69) is 44.5 Å². The van der Waals surface area contributed by atoms with Crippen molar-refractivity contribution < 1.29 is 4.74 Å². The molecule has 0 aromatic carbocycles. The Kier molecular flexibility index (Phi) is 4.68. The molecule has 0 aromatic rings. The largest absolute Gasteiger partial charge is 0.375 e. The van der Waals surface area contributed by atoms with E-state index >= 15 is 0 Å². The van der Waals surface area contributed by atoms with Crippen LogP contribution in [-0.4, -0.2) is 60.8 Å². The quantitative estimate of drug-likeness (QED) is 0.723. The lowest BCUT2D eigenvalue weighted by molar-refractivity contribution is -0.0887. The maximum atomic E-state index is 5.87. The molecule has 1 saturated heterocycles. The Bertz CT molecular complexity index is 255. The molecule has 0 atom stereocenters. The summed E-state index contributed by atoms with van der Waals surface area (Å²) in [5.74, 6) is 0.891. The molecule has 18 heavy (non-hydrogen) atoms. The molecule has 0 spiro atoms. The Labute approximate surface area is 112 Å². The zero-order valence-electron chi connectivity index (χ0n) is 12.7. The van der Waals surface area contributed by atoms with Gasteiger partial charge in [-0.1, -0.05) is 0 Å². The summed E-state index contributed by atoms with van der Waals surface area (Å²) in [5, 5.41) is 0. The van der Waals surface area contributed by atoms with Crippen LogP contribution in [0.25, 0.3) is 0 Å². The normalized spacial score (nSPS) is 30.0. The number of hydrogen-bond acceptors (Lipinski definition) is 3. The van der Waals surface area contributed by atoms with Crippen LogP contribution >= 0.6 is 0 Å². The summed E-state index contributed by atoms with van der Waals surface area (Å²) < 4.78 is 5.87. The average molecular weight is 254 g/mol. The van der Waals surface area contributed by atoms with Gasteiger partial charge in [0.15, 0.2) is 0 Å². The van der Waals surface area contributed by atoms with Gasteiger partial charge in [0.05, 0.1) is 12.2 Å². The first-order valence-electron chi connectivity index (χ1n) is 7.55. The highest BCUT2D eigenvalue weighted by atomic mass is 16.5. The fraction of sp³-hybridized carbons (Fsp3) is 1.00. The third-order valence-corrected chi connectivity index (χ3v) is 4.28. The second-order valence-corrected chi connectivity index (χ2v) is 6.81. The predicted molar refractivity (Wildman–Crippen MR) is 75.9 cm³/mol. The molecular formula is C15H30N2O. The van der Waals surface area contributed by atoms with Crippen LogP contribution in [-0.2, 0) is 4.74 Å². The van der Waals surface area contributed by atoms with Gasteiger partial charge in [-0.15, -0.1) is 0 Å². The molecule has 1 aliphatic carbocycles. The van der Waals surface area contributed by atoms with E-state index in [4.69, 9.17) is 4.74 Å². The summed E-state index contributed by atoms with van der Waals surface area (Å²) in [6, 6.07) is 1.43. The molecule has 106 valence electrons. The summed E-state index contributed by atoms with van der Waals surface area (Å²) in [4.78, 5) is 5.12. The van der Waals surface area contributed by atoms with Crippen LogP contribution in [0.5, 0.6) is 0 Å². The van der Waals surface area contributed by atoms with Crippen molar-refractivity contribution in [2.24, 2.45) is 5.92 Å². The van der Waals surface area contributed by atoms with E-state index in [1.54, 1.807) is 0 Å². The van der Waals surface area contributed by atoms with Crippen LogP contribution in [0, 0.1) is 5.92 Å². The Balaban J connectivity index is 1.74. The van der Waals surface area contributed by atoms with Crippen LogP contribution in [0.2, 0.25) is 0 Å². The fourth-order valence-corrected chi connectivity index (χ4v) is 3.33. The first kappa shape index (κ1) is 14.3. The number of ether oxygens (including phenoxy) is 1. The lowest BCUT2D eigenvalue weighted by Gasteiger charge is -2.48. The second kappa shape index (κ2) is 5.89. The van der Waals surface area contributed by atoms with Gasteiger partial charge in [-0.2, -0.15) is 0 Å². The monoisotopic (exact) mass is 254 g/mol. The lowest BCUT2D eigenvalue weighted by Crippen LogP contribution is -2.56. The van der Waals surface area contributed by atoms with Crippen LogP contribution in [0.3, 0.4) is 0 Å². The molecule has 0 unspecified atom stereocenters. The first-order chi connectivity index (χ1) is 8.45. The molecule has 2 fully saturated rings. The molecular weight excluding hydrogens is 224 g/mol. The van der Waals surface area contributed by atoms with Gasteiger partial charge in [-0.3, -0.25) is 4.90 Å². The minimum absolute atomic E-state index is 0.378. The van der Waals surface area contributed by atoms with Gasteiger partial charge in [-0.25, -0.2) is 0 Å². The van der Waals surface area contributed by atoms with Crippen molar-refractivity contribution >= 4 is 0 Å². The first-order valence-corrected chi connectivity index (χ1v) is 7.55. The van der Waals surface area contributed by atoms with Gasteiger partial charge in [0, 0.05) is 31.7 Å². The smallest absolute Gasteiger partial charge is 0.0608 e. The standard InChI is InChI=1S/C15H30N2O/c1-11(2)17(10-13-8-16(5)9-13)14-6-15(7-14)18-12(3)4/h11-15H,6-10H2,1-5H3. The van der Waals surface area contributed by atoms with Crippen molar-refractivity contribution in [2.45, 2.75) is 64.8 Å². The second-order valence-electron chi connectivity index (χ2n) is 6.81. The Morgan fingerprint density at radius 1 is 1.17 bits per heavy atom. The van der Waals surface area contributed by atoms with Crippen molar-refractivity contribution in [1.29, 1.82) is 0 Å². The fourth-order valence-electron chi connectivity index (χ4n) is 3.33. The maximum Gasteiger partial charge on any atom is 0.0608 e. The minimum atomic E-state index is 0.378. The van der Waals surface area contributed by atoms with Crippen LogP contribution in [0.15, 0.2) is 0 Å². The highest BCUT2D eigenvalue weighted by molar-refractivity contribution is 4.92.